The summed E-state index contributed by atoms with van der Waals surface area (Å²) in [6, 6.07) is 1.88. The van der Waals surface area contributed by atoms with Crippen LogP contribution in [0.5, 0.6) is 0 Å². The number of hydrogen-bond acceptors (Lipinski definition) is 5. The fourth-order valence-corrected chi connectivity index (χ4v) is 2.10. The lowest BCUT2D eigenvalue weighted by Crippen LogP contribution is -2.49. The molecule has 3 heterocycles. The molecule has 7 heteroatoms. The average molecular weight is 251 g/mol. The Morgan fingerprint density at radius 3 is 3.11 bits per heavy atom. The minimum absolute atomic E-state index is 0.0660. The molecule has 98 valence electrons. The van der Waals surface area contributed by atoms with Crippen LogP contribution < -0.4 is 16.0 Å². The number of amides is 1. The number of aromatic nitrogens is 2. The monoisotopic (exact) mass is 251 g/mol. The number of ether oxygens (including phenoxy) is 1. The van der Waals surface area contributed by atoms with Crippen molar-refractivity contribution in [2.75, 3.05) is 38.2 Å². The minimum atomic E-state index is -0.276. The van der Waals surface area contributed by atoms with Crippen molar-refractivity contribution in [1.29, 1.82) is 0 Å². The summed E-state index contributed by atoms with van der Waals surface area (Å²) >= 11 is 0. The van der Waals surface area contributed by atoms with Gasteiger partial charge in [-0.2, -0.15) is 5.10 Å². The molecule has 0 bridgehead atoms. The third kappa shape index (κ3) is 2.24. The number of nitrogens with zero attached hydrogens (tertiary/aromatic N) is 2. The highest BCUT2D eigenvalue weighted by Crippen LogP contribution is 2.17. The minimum Gasteiger partial charge on any atom is -0.378 e. The van der Waals surface area contributed by atoms with Crippen LogP contribution in [-0.4, -0.2) is 54.6 Å². The molecule has 0 spiro atoms. The Bertz CT molecular complexity index is 423. The van der Waals surface area contributed by atoms with Gasteiger partial charge >= 0.3 is 0 Å². The van der Waals surface area contributed by atoms with Crippen molar-refractivity contribution in [3.63, 3.8) is 0 Å². The van der Waals surface area contributed by atoms with E-state index in [1.54, 1.807) is 6.20 Å². The number of anilines is 1. The maximum Gasteiger partial charge on any atom is 0.245 e. The molecule has 1 unspecified atom stereocenters. The predicted octanol–water partition coefficient (Wildman–Crippen LogP) is -1.05. The molecule has 0 radical (unpaired) electrons. The maximum absolute atomic E-state index is 12.0. The van der Waals surface area contributed by atoms with Crippen molar-refractivity contribution < 1.29 is 9.53 Å². The van der Waals surface area contributed by atoms with Crippen molar-refractivity contribution >= 4 is 11.7 Å². The average Bonchev–Trinajstić information content (AvgIpc) is 2.76. The summed E-state index contributed by atoms with van der Waals surface area (Å²) < 4.78 is 7.14. The Morgan fingerprint density at radius 1 is 1.56 bits per heavy atom. The molecule has 1 amide bonds. The first-order valence-electron chi connectivity index (χ1n) is 6.21. The molecule has 1 atom stereocenters. The summed E-state index contributed by atoms with van der Waals surface area (Å²) in [6.07, 6.45) is 1.71. The summed E-state index contributed by atoms with van der Waals surface area (Å²) in [5.41, 5.74) is 0. The molecule has 1 aromatic heterocycles. The van der Waals surface area contributed by atoms with E-state index in [4.69, 9.17) is 4.74 Å². The van der Waals surface area contributed by atoms with Gasteiger partial charge in [0.15, 0.2) is 0 Å². The lowest BCUT2D eigenvalue weighted by molar-refractivity contribution is -0.120. The number of hydrogen-bond donors (Lipinski definition) is 3. The molecular weight excluding hydrogens is 234 g/mol. The number of rotatable bonds is 3. The zero-order valence-corrected chi connectivity index (χ0v) is 10.1. The summed E-state index contributed by atoms with van der Waals surface area (Å²) in [6.45, 7) is 3.59. The topological polar surface area (TPSA) is 80.2 Å². The molecule has 18 heavy (non-hydrogen) atoms. The first-order chi connectivity index (χ1) is 8.84. The van der Waals surface area contributed by atoms with Crippen molar-refractivity contribution in [1.82, 2.24) is 20.4 Å². The molecule has 2 aliphatic heterocycles. The highest BCUT2D eigenvalue weighted by Gasteiger charge is 2.25. The Kier molecular flexibility index (Phi) is 3.26. The van der Waals surface area contributed by atoms with E-state index >= 15 is 0 Å². The first-order valence-corrected chi connectivity index (χ1v) is 6.21. The number of nitrogens with one attached hydrogen (secondary N) is 3. The molecule has 3 N–H and O–H groups in total. The van der Waals surface area contributed by atoms with Crippen LogP contribution in [0.15, 0.2) is 12.3 Å². The van der Waals surface area contributed by atoms with Crippen LogP contribution in [-0.2, 0) is 9.53 Å². The Morgan fingerprint density at radius 2 is 2.44 bits per heavy atom. The van der Waals surface area contributed by atoms with Gasteiger partial charge in [-0.1, -0.05) is 0 Å². The molecule has 0 aromatic carbocycles. The Labute approximate surface area is 105 Å². The predicted molar refractivity (Wildman–Crippen MR) is 65.4 cm³/mol. The molecule has 7 nitrogen and oxygen atoms in total. The van der Waals surface area contributed by atoms with Gasteiger partial charge in [0.05, 0.1) is 25.5 Å². The van der Waals surface area contributed by atoms with Crippen LogP contribution in [0.4, 0.5) is 5.82 Å². The standard InChI is InChI=1S/C11H17N5O2/c17-11(9-7-18-4-3-13-9)15-10-1-2-14-16(10)8-5-12-6-8/h1-2,8-9,12-13H,3-7H2,(H,15,17). The quantitative estimate of drug-likeness (QED) is 0.639. The second kappa shape index (κ2) is 5.05. The number of carbonyl (C=O) groups excluding carboxylic acids is 1. The molecule has 0 aliphatic carbocycles. The van der Waals surface area contributed by atoms with E-state index in [2.05, 4.69) is 21.0 Å². The van der Waals surface area contributed by atoms with Gasteiger partial charge in [0, 0.05) is 25.7 Å². The second-order valence-electron chi connectivity index (χ2n) is 4.54. The van der Waals surface area contributed by atoms with Gasteiger partial charge in [-0.3, -0.25) is 4.79 Å². The van der Waals surface area contributed by atoms with Crippen LogP contribution >= 0.6 is 0 Å². The summed E-state index contributed by atoms with van der Waals surface area (Å²) in [7, 11) is 0. The Balaban J connectivity index is 1.64. The molecule has 3 rings (SSSR count). The fourth-order valence-electron chi connectivity index (χ4n) is 2.10. The summed E-state index contributed by atoms with van der Waals surface area (Å²) in [5, 5.41) is 13.5. The van der Waals surface area contributed by atoms with Crippen LogP contribution in [0.25, 0.3) is 0 Å². The molecule has 2 fully saturated rings. The first kappa shape index (κ1) is 11.6. The molecule has 1 aromatic rings. The number of morpholine rings is 1. The smallest absolute Gasteiger partial charge is 0.245 e. The molecule has 2 aliphatic rings. The van der Waals surface area contributed by atoms with Gasteiger partial charge < -0.3 is 20.7 Å². The SMILES string of the molecule is O=C(Nc1ccnn1C1CNC1)C1COCCN1. The van der Waals surface area contributed by atoms with Crippen molar-refractivity contribution in [3.8, 4) is 0 Å². The maximum atomic E-state index is 12.0. The van der Waals surface area contributed by atoms with Crippen LogP contribution in [0, 0.1) is 0 Å². The zero-order valence-electron chi connectivity index (χ0n) is 10.1. The normalized spacial score (nSPS) is 24.6. The van der Waals surface area contributed by atoms with E-state index in [1.165, 1.54) is 0 Å². The summed E-state index contributed by atoms with van der Waals surface area (Å²) in [4.78, 5) is 12.0. The van der Waals surface area contributed by atoms with E-state index in [0.29, 0.717) is 25.8 Å². The third-order valence-electron chi connectivity index (χ3n) is 3.27. The zero-order chi connectivity index (χ0) is 12.4. The highest BCUT2D eigenvalue weighted by atomic mass is 16.5. The lowest BCUT2D eigenvalue weighted by Gasteiger charge is -2.29. The van der Waals surface area contributed by atoms with Gasteiger partial charge in [0.2, 0.25) is 5.91 Å². The van der Waals surface area contributed by atoms with E-state index in [9.17, 15) is 4.79 Å². The van der Waals surface area contributed by atoms with Crippen LogP contribution in [0.2, 0.25) is 0 Å². The van der Waals surface area contributed by atoms with E-state index < -0.39 is 0 Å². The van der Waals surface area contributed by atoms with Gasteiger partial charge in [-0.25, -0.2) is 4.68 Å². The van der Waals surface area contributed by atoms with E-state index in [1.807, 2.05) is 10.7 Å². The van der Waals surface area contributed by atoms with Crippen molar-refractivity contribution in [2.45, 2.75) is 12.1 Å². The van der Waals surface area contributed by atoms with Crippen LogP contribution in [0.1, 0.15) is 6.04 Å². The Hall–Kier alpha value is -1.44. The van der Waals surface area contributed by atoms with E-state index in [-0.39, 0.29) is 11.9 Å². The molecular formula is C11H17N5O2. The summed E-state index contributed by atoms with van der Waals surface area (Å²) in [5.74, 6) is 0.683. The van der Waals surface area contributed by atoms with Gasteiger partial charge in [-0.15, -0.1) is 0 Å². The third-order valence-corrected chi connectivity index (χ3v) is 3.27. The largest absolute Gasteiger partial charge is 0.378 e. The van der Waals surface area contributed by atoms with E-state index in [0.717, 1.165) is 18.9 Å². The highest BCUT2D eigenvalue weighted by molar-refractivity contribution is 5.94. The second-order valence-corrected chi connectivity index (χ2v) is 4.54. The fraction of sp³-hybridized carbons (Fsp3) is 0.636. The van der Waals surface area contributed by atoms with Gasteiger partial charge in [0.25, 0.3) is 0 Å². The molecule has 2 saturated heterocycles. The lowest BCUT2D eigenvalue weighted by atomic mass is 10.2. The van der Waals surface area contributed by atoms with Gasteiger partial charge in [0.1, 0.15) is 11.9 Å². The van der Waals surface area contributed by atoms with Crippen LogP contribution in [0.3, 0.4) is 0 Å². The molecule has 0 saturated carbocycles. The van der Waals surface area contributed by atoms with Crippen molar-refractivity contribution in [3.05, 3.63) is 12.3 Å². The number of carbonyl (C=O) groups is 1. The van der Waals surface area contributed by atoms with Gasteiger partial charge in [-0.05, 0) is 0 Å². The van der Waals surface area contributed by atoms with Crippen molar-refractivity contribution in [2.24, 2.45) is 0 Å².